The van der Waals surface area contributed by atoms with Crippen LogP contribution in [0, 0.1) is 11.6 Å². The van der Waals surface area contributed by atoms with Gasteiger partial charge in [-0.1, -0.05) is 6.07 Å². The molecule has 1 saturated heterocycles. The van der Waals surface area contributed by atoms with E-state index in [4.69, 9.17) is 9.47 Å². The monoisotopic (exact) mass is 487 g/mol. The highest BCUT2D eigenvalue weighted by molar-refractivity contribution is 5.99. The molecule has 4 rings (SSSR count). The van der Waals surface area contributed by atoms with Crippen LogP contribution in [0.15, 0.2) is 36.4 Å². The van der Waals surface area contributed by atoms with Crippen molar-refractivity contribution in [3.63, 3.8) is 0 Å². The topological polar surface area (TPSA) is 88.7 Å². The molecule has 2 amide bonds. The Kier molecular flexibility index (Phi) is 7.85. The minimum atomic E-state index is -1.16. The highest BCUT2D eigenvalue weighted by atomic mass is 19.1. The second-order valence-corrected chi connectivity index (χ2v) is 9.09. The highest BCUT2D eigenvalue weighted by Crippen LogP contribution is 2.33. The first-order valence-corrected chi connectivity index (χ1v) is 12.0. The summed E-state index contributed by atoms with van der Waals surface area (Å²) in [5, 5.41) is 8.83. The summed E-state index contributed by atoms with van der Waals surface area (Å²) in [5.74, 6) is -1.19. The van der Waals surface area contributed by atoms with Crippen molar-refractivity contribution in [1.29, 1.82) is 0 Å². The zero-order valence-corrected chi connectivity index (χ0v) is 19.8. The maximum atomic E-state index is 14.0. The number of benzene rings is 2. The first-order chi connectivity index (χ1) is 16.9. The molecule has 2 aliphatic rings. The molecule has 2 aromatic rings. The normalized spacial score (nSPS) is 17.6. The molecule has 0 atom stereocenters. The zero-order chi connectivity index (χ0) is 24.8. The Balaban J connectivity index is 1.49. The molecular weight excluding hydrogens is 456 g/mol. The SMILES string of the molecule is COc1ccc(C(=O)NC2(C(=O)NCc3ccc(F)cc3F)CCNCC2)cc1OC1CCCC1. The van der Waals surface area contributed by atoms with Crippen molar-refractivity contribution in [3.8, 4) is 11.5 Å². The third-order valence-corrected chi connectivity index (χ3v) is 6.72. The molecule has 9 heteroatoms. The molecular formula is C26H31F2N3O4. The Bertz CT molecular complexity index is 1070. The van der Waals surface area contributed by atoms with Gasteiger partial charge in [0.05, 0.1) is 13.2 Å². The molecule has 0 unspecified atom stereocenters. The van der Waals surface area contributed by atoms with E-state index in [1.54, 1.807) is 25.3 Å². The van der Waals surface area contributed by atoms with E-state index in [1.807, 2.05) is 0 Å². The van der Waals surface area contributed by atoms with Gasteiger partial charge in [-0.15, -0.1) is 0 Å². The van der Waals surface area contributed by atoms with Crippen molar-refractivity contribution in [2.24, 2.45) is 0 Å². The number of hydrogen-bond donors (Lipinski definition) is 3. The van der Waals surface area contributed by atoms with Crippen LogP contribution in [-0.4, -0.2) is 43.7 Å². The van der Waals surface area contributed by atoms with E-state index >= 15 is 0 Å². The Morgan fingerprint density at radius 1 is 1.06 bits per heavy atom. The zero-order valence-electron chi connectivity index (χ0n) is 19.8. The van der Waals surface area contributed by atoms with Gasteiger partial charge in [-0.25, -0.2) is 8.78 Å². The van der Waals surface area contributed by atoms with Crippen LogP contribution in [0.2, 0.25) is 0 Å². The number of nitrogens with one attached hydrogen (secondary N) is 3. The maximum absolute atomic E-state index is 14.0. The molecule has 1 aliphatic heterocycles. The summed E-state index contributed by atoms with van der Waals surface area (Å²) in [7, 11) is 1.55. The first kappa shape index (κ1) is 24.9. The molecule has 1 saturated carbocycles. The number of rotatable bonds is 8. The van der Waals surface area contributed by atoms with Crippen LogP contribution in [0.5, 0.6) is 11.5 Å². The Labute approximate surface area is 203 Å². The van der Waals surface area contributed by atoms with E-state index in [-0.39, 0.29) is 18.2 Å². The molecule has 1 aliphatic carbocycles. The number of ether oxygens (including phenoxy) is 2. The number of carbonyl (C=O) groups is 2. The summed E-state index contributed by atoms with van der Waals surface area (Å²) in [6.07, 6.45) is 4.99. The summed E-state index contributed by atoms with van der Waals surface area (Å²) < 4.78 is 38.7. The van der Waals surface area contributed by atoms with E-state index in [2.05, 4.69) is 16.0 Å². The van der Waals surface area contributed by atoms with Crippen LogP contribution in [-0.2, 0) is 11.3 Å². The quantitative estimate of drug-likeness (QED) is 0.531. The largest absolute Gasteiger partial charge is 0.493 e. The van der Waals surface area contributed by atoms with Crippen LogP contribution < -0.4 is 25.4 Å². The van der Waals surface area contributed by atoms with Crippen molar-refractivity contribution < 1.29 is 27.8 Å². The maximum Gasteiger partial charge on any atom is 0.252 e. The molecule has 0 aromatic heterocycles. The van der Waals surface area contributed by atoms with Gasteiger partial charge in [-0.05, 0) is 75.9 Å². The number of piperidine rings is 1. The van der Waals surface area contributed by atoms with Crippen LogP contribution in [0.4, 0.5) is 8.78 Å². The van der Waals surface area contributed by atoms with Gasteiger partial charge in [-0.2, -0.15) is 0 Å². The molecule has 0 bridgehead atoms. The third-order valence-electron chi connectivity index (χ3n) is 6.72. The third kappa shape index (κ3) is 5.90. The number of amides is 2. The fraction of sp³-hybridized carbons (Fsp3) is 0.462. The van der Waals surface area contributed by atoms with E-state index in [9.17, 15) is 18.4 Å². The highest BCUT2D eigenvalue weighted by Gasteiger charge is 2.41. The number of hydrogen-bond acceptors (Lipinski definition) is 5. The first-order valence-electron chi connectivity index (χ1n) is 12.0. The lowest BCUT2D eigenvalue weighted by Gasteiger charge is -2.37. The fourth-order valence-electron chi connectivity index (χ4n) is 4.66. The average molecular weight is 488 g/mol. The predicted octanol–water partition coefficient (Wildman–Crippen LogP) is 3.46. The van der Waals surface area contributed by atoms with Gasteiger partial charge in [0.2, 0.25) is 5.91 Å². The van der Waals surface area contributed by atoms with Gasteiger partial charge in [0, 0.05) is 23.7 Å². The van der Waals surface area contributed by atoms with E-state index in [1.165, 1.54) is 6.07 Å². The van der Waals surface area contributed by atoms with Crippen LogP contribution in [0.1, 0.15) is 54.4 Å². The number of methoxy groups -OCH3 is 1. The second kappa shape index (κ2) is 11.0. The van der Waals surface area contributed by atoms with Gasteiger partial charge in [0.25, 0.3) is 5.91 Å². The Morgan fingerprint density at radius 2 is 1.80 bits per heavy atom. The van der Waals surface area contributed by atoms with E-state index in [0.29, 0.717) is 43.0 Å². The van der Waals surface area contributed by atoms with Gasteiger partial charge in [0.15, 0.2) is 11.5 Å². The van der Waals surface area contributed by atoms with E-state index in [0.717, 1.165) is 37.8 Å². The molecule has 0 radical (unpaired) electrons. The molecule has 3 N–H and O–H groups in total. The Morgan fingerprint density at radius 3 is 2.49 bits per heavy atom. The lowest BCUT2D eigenvalue weighted by atomic mass is 9.86. The van der Waals surface area contributed by atoms with Crippen molar-refractivity contribution in [2.45, 2.75) is 56.7 Å². The van der Waals surface area contributed by atoms with Crippen molar-refractivity contribution in [3.05, 3.63) is 59.2 Å². The van der Waals surface area contributed by atoms with Crippen LogP contribution >= 0.6 is 0 Å². The summed E-state index contributed by atoms with van der Waals surface area (Å²) in [4.78, 5) is 26.5. The molecule has 0 spiro atoms. The van der Waals surface area contributed by atoms with Crippen LogP contribution in [0.3, 0.4) is 0 Å². The lowest BCUT2D eigenvalue weighted by Crippen LogP contribution is -2.62. The van der Waals surface area contributed by atoms with Gasteiger partial charge in [0.1, 0.15) is 17.2 Å². The minimum absolute atomic E-state index is 0.0932. The predicted molar refractivity (Wildman–Crippen MR) is 126 cm³/mol. The van der Waals surface area contributed by atoms with Crippen LogP contribution in [0.25, 0.3) is 0 Å². The molecule has 35 heavy (non-hydrogen) atoms. The molecule has 2 fully saturated rings. The summed E-state index contributed by atoms with van der Waals surface area (Å²) in [5.41, 5.74) is -0.640. The number of halogens is 2. The molecule has 2 aromatic carbocycles. The molecule has 1 heterocycles. The number of carbonyl (C=O) groups excluding carboxylic acids is 2. The second-order valence-electron chi connectivity index (χ2n) is 9.09. The van der Waals surface area contributed by atoms with Crippen molar-refractivity contribution >= 4 is 11.8 Å². The van der Waals surface area contributed by atoms with Gasteiger partial charge < -0.3 is 25.4 Å². The summed E-state index contributed by atoms with van der Waals surface area (Å²) in [6, 6.07) is 8.18. The minimum Gasteiger partial charge on any atom is -0.493 e. The Hall–Kier alpha value is -3.20. The lowest BCUT2D eigenvalue weighted by molar-refractivity contribution is -0.128. The molecule has 188 valence electrons. The fourth-order valence-corrected chi connectivity index (χ4v) is 4.66. The summed E-state index contributed by atoms with van der Waals surface area (Å²) >= 11 is 0. The van der Waals surface area contributed by atoms with Gasteiger partial charge in [-0.3, -0.25) is 9.59 Å². The van der Waals surface area contributed by atoms with Gasteiger partial charge >= 0.3 is 0 Å². The van der Waals surface area contributed by atoms with Crippen molar-refractivity contribution in [1.82, 2.24) is 16.0 Å². The smallest absolute Gasteiger partial charge is 0.252 e. The average Bonchev–Trinajstić information content (AvgIpc) is 3.37. The standard InChI is InChI=1S/C26H31F2N3O4/c1-34-22-9-7-17(14-23(22)35-20-4-2-3-5-20)24(32)31-26(10-12-29-13-11-26)25(33)30-16-18-6-8-19(27)15-21(18)28/h6-9,14-15,20,29H,2-5,10-13,16H2,1H3,(H,30,33)(H,31,32). The van der Waals surface area contributed by atoms with Crippen molar-refractivity contribution in [2.75, 3.05) is 20.2 Å². The molecule has 7 nitrogen and oxygen atoms in total. The van der Waals surface area contributed by atoms with E-state index < -0.39 is 29.0 Å². The summed E-state index contributed by atoms with van der Waals surface area (Å²) in [6.45, 7) is 0.965.